The molecule has 0 aliphatic rings. The average molecular weight is 303 g/mol. The minimum absolute atomic E-state index is 0.284. The Labute approximate surface area is 127 Å². The van der Waals surface area contributed by atoms with Crippen molar-refractivity contribution in [2.45, 2.75) is 19.7 Å². The van der Waals surface area contributed by atoms with Crippen molar-refractivity contribution in [2.24, 2.45) is 0 Å². The number of methoxy groups -OCH3 is 1. The third kappa shape index (κ3) is 2.34. The van der Waals surface area contributed by atoms with Gasteiger partial charge in [-0.2, -0.15) is 4.98 Å². The largest absolute Gasteiger partial charge is 0.479 e. The minimum Gasteiger partial charge on any atom is -0.479 e. The average Bonchev–Trinajstić information content (AvgIpc) is 2.84. The topological polar surface area (TPSA) is 52.8 Å². The van der Waals surface area contributed by atoms with E-state index in [-0.39, 0.29) is 5.88 Å². The summed E-state index contributed by atoms with van der Waals surface area (Å²) in [6.07, 6.45) is 1.47. The van der Waals surface area contributed by atoms with Gasteiger partial charge in [0.25, 0.3) is 0 Å². The van der Waals surface area contributed by atoms with Crippen LogP contribution in [0.5, 0.6) is 5.88 Å². The Hall–Kier alpha value is -2.14. The van der Waals surface area contributed by atoms with Crippen LogP contribution in [0.2, 0.25) is 0 Å². The second-order valence-corrected chi connectivity index (χ2v) is 5.17. The Kier molecular flexibility index (Phi) is 3.51. The van der Waals surface area contributed by atoms with E-state index in [0.717, 1.165) is 11.5 Å². The monoisotopic (exact) mass is 302 g/mol. The molecule has 0 spiro atoms. The van der Waals surface area contributed by atoms with Gasteiger partial charge in [-0.15, -0.1) is 11.6 Å². The highest BCUT2D eigenvalue weighted by molar-refractivity contribution is 6.17. The lowest BCUT2D eigenvalue weighted by molar-refractivity contribution is 0.401. The van der Waals surface area contributed by atoms with Gasteiger partial charge in [0.1, 0.15) is 12.2 Å². The number of aryl methyl sites for hydroxylation is 2. The normalized spacial score (nSPS) is 11.0. The molecule has 2 aromatic heterocycles. The Morgan fingerprint density at radius 2 is 1.86 bits per heavy atom. The van der Waals surface area contributed by atoms with E-state index < -0.39 is 0 Å². The molecule has 0 N–H and O–H groups in total. The van der Waals surface area contributed by atoms with E-state index in [1.54, 1.807) is 7.11 Å². The Morgan fingerprint density at radius 3 is 2.48 bits per heavy atom. The number of fused-ring (bicyclic) bond motifs is 1. The summed E-state index contributed by atoms with van der Waals surface area (Å²) in [4.78, 5) is 13.0. The van der Waals surface area contributed by atoms with Crippen LogP contribution in [0.4, 0.5) is 0 Å². The molecule has 0 unspecified atom stereocenters. The second-order valence-electron chi connectivity index (χ2n) is 4.90. The third-order valence-electron chi connectivity index (χ3n) is 3.26. The molecule has 0 aliphatic heterocycles. The lowest BCUT2D eigenvalue weighted by Gasteiger charge is -2.09. The maximum atomic E-state index is 6.06. The van der Waals surface area contributed by atoms with Crippen LogP contribution in [-0.2, 0) is 5.88 Å². The van der Waals surface area contributed by atoms with Gasteiger partial charge in [-0.25, -0.2) is 9.97 Å². The van der Waals surface area contributed by atoms with Gasteiger partial charge in [-0.1, -0.05) is 6.07 Å². The van der Waals surface area contributed by atoms with Crippen molar-refractivity contribution in [2.75, 3.05) is 7.11 Å². The van der Waals surface area contributed by atoms with E-state index in [1.165, 1.54) is 17.5 Å². The summed E-state index contributed by atoms with van der Waals surface area (Å²) in [5.74, 6) is 1.46. The van der Waals surface area contributed by atoms with E-state index in [4.69, 9.17) is 16.3 Å². The second kappa shape index (κ2) is 5.33. The summed E-state index contributed by atoms with van der Waals surface area (Å²) in [6, 6.07) is 6.29. The highest BCUT2D eigenvalue weighted by atomic mass is 35.5. The van der Waals surface area contributed by atoms with Crippen LogP contribution in [-0.4, -0.2) is 26.6 Å². The molecule has 6 heteroatoms. The molecule has 0 amide bonds. The number of nitrogens with zero attached hydrogens (tertiary/aromatic N) is 4. The SMILES string of the molecule is COc1ncnc2c1nc(CCl)n2-c1cc(C)cc(C)c1. The number of aromatic nitrogens is 4. The van der Waals surface area contributed by atoms with Crippen LogP contribution in [0.1, 0.15) is 17.0 Å². The first-order chi connectivity index (χ1) is 10.1. The third-order valence-corrected chi connectivity index (χ3v) is 3.50. The van der Waals surface area contributed by atoms with Crippen LogP contribution in [0, 0.1) is 13.8 Å². The van der Waals surface area contributed by atoms with Gasteiger partial charge in [-0.05, 0) is 37.1 Å². The first-order valence-corrected chi connectivity index (χ1v) is 7.08. The van der Waals surface area contributed by atoms with Gasteiger partial charge in [0.05, 0.1) is 13.0 Å². The fraction of sp³-hybridized carbons (Fsp3) is 0.267. The number of halogens is 1. The number of benzene rings is 1. The van der Waals surface area contributed by atoms with Crippen LogP contribution in [0.3, 0.4) is 0 Å². The van der Waals surface area contributed by atoms with Gasteiger partial charge in [0.15, 0.2) is 11.2 Å². The van der Waals surface area contributed by atoms with Crippen molar-refractivity contribution >= 4 is 22.8 Å². The molecular formula is C15H15ClN4O. The van der Waals surface area contributed by atoms with Crippen LogP contribution >= 0.6 is 11.6 Å². The van der Waals surface area contributed by atoms with Crippen molar-refractivity contribution < 1.29 is 4.74 Å². The molecule has 0 aliphatic carbocycles. The van der Waals surface area contributed by atoms with Gasteiger partial charge in [0.2, 0.25) is 5.88 Å². The van der Waals surface area contributed by atoms with Crippen molar-refractivity contribution in [3.63, 3.8) is 0 Å². The highest BCUT2D eigenvalue weighted by Crippen LogP contribution is 2.26. The Balaban J connectivity index is 2.35. The van der Waals surface area contributed by atoms with Crippen molar-refractivity contribution in [1.82, 2.24) is 19.5 Å². The fourth-order valence-electron chi connectivity index (χ4n) is 2.51. The maximum Gasteiger partial charge on any atom is 0.245 e. The zero-order chi connectivity index (χ0) is 15.0. The number of ether oxygens (including phenoxy) is 1. The maximum absolute atomic E-state index is 6.06. The lowest BCUT2D eigenvalue weighted by Crippen LogP contribution is -2.01. The van der Waals surface area contributed by atoms with Crippen LogP contribution < -0.4 is 4.74 Å². The van der Waals surface area contributed by atoms with Gasteiger partial charge < -0.3 is 4.74 Å². The molecule has 0 saturated heterocycles. The smallest absolute Gasteiger partial charge is 0.245 e. The molecule has 0 radical (unpaired) electrons. The molecule has 108 valence electrons. The standard InChI is InChI=1S/C15H15ClN4O/c1-9-4-10(2)6-11(5-9)20-12(7-16)19-13-14(20)17-8-18-15(13)21-3/h4-6,8H,7H2,1-3H3. The number of rotatable bonds is 3. The summed E-state index contributed by atoms with van der Waals surface area (Å²) in [6.45, 7) is 4.12. The first-order valence-electron chi connectivity index (χ1n) is 6.55. The van der Waals surface area contributed by atoms with Gasteiger partial charge in [-0.3, -0.25) is 4.57 Å². The summed E-state index contributed by atoms with van der Waals surface area (Å²) >= 11 is 6.06. The molecule has 3 rings (SSSR count). The Bertz CT molecular complexity index is 793. The molecule has 1 aromatic carbocycles. The van der Waals surface area contributed by atoms with E-state index in [0.29, 0.717) is 17.0 Å². The molecule has 0 saturated carbocycles. The summed E-state index contributed by atoms with van der Waals surface area (Å²) in [5.41, 5.74) is 4.66. The molecular weight excluding hydrogens is 288 g/mol. The molecule has 2 heterocycles. The first kappa shape index (κ1) is 13.8. The van der Waals surface area contributed by atoms with Crippen molar-refractivity contribution in [3.05, 3.63) is 41.5 Å². The van der Waals surface area contributed by atoms with Crippen LogP contribution in [0.25, 0.3) is 16.9 Å². The number of hydrogen-bond acceptors (Lipinski definition) is 4. The zero-order valence-electron chi connectivity index (χ0n) is 12.1. The molecule has 5 nitrogen and oxygen atoms in total. The predicted molar refractivity (Wildman–Crippen MR) is 82.2 cm³/mol. The molecule has 21 heavy (non-hydrogen) atoms. The number of hydrogen-bond donors (Lipinski definition) is 0. The molecule has 0 bridgehead atoms. The lowest BCUT2D eigenvalue weighted by atomic mass is 10.1. The molecule has 0 fully saturated rings. The van der Waals surface area contributed by atoms with E-state index >= 15 is 0 Å². The Morgan fingerprint density at radius 1 is 1.14 bits per heavy atom. The van der Waals surface area contributed by atoms with Crippen molar-refractivity contribution in [1.29, 1.82) is 0 Å². The summed E-state index contributed by atoms with van der Waals surface area (Å²) in [7, 11) is 1.57. The summed E-state index contributed by atoms with van der Waals surface area (Å²) in [5, 5.41) is 0. The quantitative estimate of drug-likeness (QED) is 0.697. The van der Waals surface area contributed by atoms with E-state index in [9.17, 15) is 0 Å². The number of imidazole rings is 1. The zero-order valence-corrected chi connectivity index (χ0v) is 12.8. The predicted octanol–water partition coefficient (Wildman–Crippen LogP) is 3.18. The minimum atomic E-state index is 0.284. The van der Waals surface area contributed by atoms with E-state index in [1.807, 2.05) is 4.57 Å². The molecule has 3 aromatic rings. The fourth-order valence-corrected chi connectivity index (χ4v) is 2.69. The molecule has 0 atom stereocenters. The van der Waals surface area contributed by atoms with Gasteiger partial charge >= 0.3 is 0 Å². The van der Waals surface area contributed by atoms with Gasteiger partial charge in [0, 0.05) is 5.69 Å². The van der Waals surface area contributed by atoms with E-state index in [2.05, 4.69) is 47.0 Å². The summed E-state index contributed by atoms with van der Waals surface area (Å²) < 4.78 is 7.20. The number of alkyl halides is 1. The highest BCUT2D eigenvalue weighted by Gasteiger charge is 2.17. The van der Waals surface area contributed by atoms with Crippen LogP contribution in [0.15, 0.2) is 24.5 Å². The van der Waals surface area contributed by atoms with Crippen molar-refractivity contribution in [3.8, 4) is 11.6 Å².